The Balaban J connectivity index is 2.50. The molecule has 0 aliphatic rings. The van der Waals surface area contributed by atoms with E-state index in [-0.39, 0.29) is 37.6 Å². The molecule has 0 saturated carbocycles. The molecule has 0 spiro atoms. The number of carbonyl (C=O) groups is 2. The van der Waals surface area contributed by atoms with Crippen LogP contribution in [0.4, 0.5) is 17.6 Å². The molecule has 8 nitrogen and oxygen atoms in total. The summed E-state index contributed by atoms with van der Waals surface area (Å²) in [6.07, 6.45) is -4.99. The molecule has 1 aromatic heterocycles. The fourth-order valence-electron chi connectivity index (χ4n) is 2.91. The number of rotatable bonds is 8. The number of ether oxygens (including phenoxy) is 2. The summed E-state index contributed by atoms with van der Waals surface area (Å²) in [4.78, 5) is 49.0. The molecular weight excluding hydrogens is 520 g/mol. The van der Waals surface area contributed by atoms with Gasteiger partial charge in [0.05, 0.1) is 17.3 Å². The normalized spacial score (nSPS) is 12.5. The maximum Gasteiger partial charge on any atom is 0.431 e. The van der Waals surface area contributed by atoms with Gasteiger partial charge in [0.2, 0.25) is 0 Å². The molecule has 192 valence electrons. The molecule has 0 aliphatic carbocycles. The van der Waals surface area contributed by atoms with Gasteiger partial charge in [-0.3, -0.25) is 14.2 Å². The number of thioether (sulfide) groups is 1. The quantitative estimate of drug-likeness (QED) is 0.287. The molecule has 14 heteroatoms. The predicted molar refractivity (Wildman–Crippen MR) is 119 cm³/mol. The lowest BCUT2D eigenvalue weighted by Crippen LogP contribution is -2.41. The fourth-order valence-corrected chi connectivity index (χ4v) is 4.25. The number of aromatic nitrogens is 2. The maximum absolute atomic E-state index is 14.7. The standard InChI is InChI=1S/C21H21ClF4N2O6S/c1-5-33-17(30)9-34-19(31)18(10(2)3)35-14-7-13(12(23)6-11(14)22)28-16(29)8-15(21(24,25)26)27(4)20(28)32/h6-8,10,18H,5,9H2,1-4H3. The first-order valence-electron chi connectivity index (χ1n) is 10.1. The third-order valence-corrected chi connectivity index (χ3v) is 6.59. The van der Waals surface area contributed by atoms with E-state index in [1.54, 1.807) is 20.8 Å². The molecule has 2 rings (SSSR count). The van der Waals surface area contributed by atoms with Crippen molar-refractivity contribution < 1.29 is 36.6 Å². The zero-order chi connectivity index (χ0) is 26.7. The highest BCUT2D eigenvalue weighted by atomic mass is 35.5. The average Bonchev–Trinajstić information content (AvgIpc) is 2.74. The van der Waals surface area contributed by atoms with Crippen molar-refractivity contribution in [3.63, 3.8) is 0 Å². The Bertz CT molecular complexity index is 1240. The van der Waals surface area contributed by atoms with E-state index in [0.29, 0.717) is 0 Å². The lowest BCUT2D eigenvalue weighted by Gasteiger charge is -2.20. The van der Waals surface area contributed by atoms with Crippen LogP contribution in [-0.2, 0) is 32.3 Å². The average molecular weight is 541 g/mol. The fraction of sp³-hybridized carbons (Fsp3) is 0.429. The molecule has 0 aliphatic heterocycles. The van der Waals surface area contributed by atoms with Crippen molar-refractivity contribution in [3.8, 4) is 5.69 Å². The van der Waals surface area contributed by atoms with Gasteiger partial charge in [-0.1, -0.05) is 25.4 Å². The number of halogens is 5. The third-order valence-electron chi connectivity index (χ3n) is 4.58. The van der Waals surface area contributed by atoms with E-state index >= 15 is 0 Å². The van der Waals surface area contributed by atoms with Gasteiger partial charge in [-0.2, -0.15) is 13.2 Å². The van der Waals surface area contributed by atoms with Crippen molar-refractivity contribution >= 4 is 35.3 Å². The van der Waals surface area contributed by atoms with Gasteiger partial charge in [0.25, 0.3) is 5.56 Å². The lowest BCUT2D eigenvalue weighted by molar-refractivity contribution is -0.158. The van der Waals surface area contributed by atoms with Crippen LogP contribution in [0.2, 0.25) is 5.02 Å². The third kappa shape index (κ3) is 6.66. The first-order valence-corrected chi connectivity index (χ1v) is 11.3. The highest BCUT2D eigenvalue weighted by molar-refractivity contribution is 8.00. The SMILES string of the molecule is CCOC(=O)COC(=O)C(Sc1cc(-n2c(=O)cc(C(F)(F)F)n(C)c2=O)c(F)cc1Cl)C(C)C. The zero-order valence-electron chi connectivity index (χ0n) is 18.9. The Morgan fingerprint density at radius 2 is 1.77 bits per heavy atom. The van der Waals surface area contributed by atoms with E-state index < -0.39 is 58.4 Å². The molecular formula is C21H21ClF4N2O6S. The van der Waals surface area contributed by atoms with Gasteiger partial charge < -0.3 is 9.47 Å². The number of benzene rings is 1. The van der Waals surface area contributed by atoms with E-state index in [2.05, 4.69) is 4.74 Å². The molecule has 1 atom stereocenters. The second-order valence-corrected chi connectivity index (χ2v) is 9.06. The minimum Gasteiger partial charge on any atom is -0.463 e. The van der Waals surface area contributed by atoms with Crippen LogP contribution in [0.25, 0.3) is 5.69 Å². The molecule has 35 heavy (non-hydrogen) atoms. The first kappa shape index (κ1) is 28.4. The Hall–Kier alpha value is -2.80. The van der Waals surface area contributed by atoms with Crippen molar-refractivity contribution in [1.82, 2.24) is 9.13 Å². The van der Waals surface area contributed by atoms with Crippen molar-refractivity contribution in [2.75, 3.05) is 13.2 Å². The predicted octanol–water partition coefficient (Wildman–Crippen LogP) is 3.57. The zero-order valence-corrected chi connectivity index (χ0v) is 20.5. The summed E-state index contributed by atoms with van der Waals surface area (Å²) < 4.78 is 64.1. The largest absolute Gasteiger partial charge is 0.463 e. The van der Waals surface area contributed by atoms with Crippen molar-refractivity contribution in [2.24, 2.45) is 13.0 Å². The van der Waals surface area contributed by atoms with Crippen molar-refractivity contribution in [3.05, 3.63) is 55.6 Å². The number of carbonyl (C=O) groups excluding carboxylic acids is 2. The summed E-state index contributed by atoms with van der Waals surface area (Å²) in [6.45, 7) is 4.37. The van der Waals surface area contributed by atoms with Crippen LogP contribution in [0.5, 0.6) is 0 Å². The van der Waals surface area contributed by atoms with Gasteiger partial charge in [0.15, 0.2) is 6.61 Å². The second kappa shape index (κ2) is 11.3. The molecule has 0 amide bonds. The van der Waals surface area contributed by atoms with Gasteiger partial charge >= 0.3 is 23.8 Å². The summed E-state index contributed by atoms with van der Waals surface area (Å²) in [5.74, 6) is -3.08. The number of nitrogens with zero attached hydrogens (tertiary/aromatic N) is 2. The summed E-state index contributed by atoms with van der Waals surface area (Å²) in [5, 5.41) is -1.13. The van der Waals surface area contributed by atoms with Gasteiger partial charge in [0, 0.05) is 18.0 Å². The molecule has 1 aromatic carbocycles. The minimum atomic E-state index is -4.99. The first-order chi connectivity index (χ1) is 16.2. The monoisotopic (exact) mass is 540 g/mol. The van der Waals surface area contributed by atoms with Crippen molar-refractivity contribution in [2.45, 2.75) is 37.1 Å². The summed E-state index contributed by atoms with van der Waals surface area (Å²) in [5.41, 5.74) is -5.00. The molecule has 0 radical (unpaired) electrons. The summed E-state index contributed by atoms with van der Waals surface area (Å²) in [6, 6.07) is 1.92. The van der Waals surface area contributed by atoms with Crippen LogP contribution >= 0.6 is 23.4 Å². The Labute approximate surface area is 205 Å². The van der Waals surface area contributed by atoms with Gasteiger partial charge in [-0.05, 0) is 25.0 Å². The highest BCUT2D eigenvalue weighted by Crippen LogP contribution is 2.36. The van der Waals surface area contributed by atoms with E-state index in [9.17, 15) is 36.7 Å². The van der Waals surface area contributed by atoms with Gasteiger partial charge in [-0.15, -0.1) is 11.8 Å². The van der Waals surface area contributed by atoms with E-state index in [1.165, 1.54) is 0 Å². The maximum atomic E-state index is 14.7. The summed E-state index contributed by atoms with van der Waals surface area (Å²) in [7, 11) is 0.791. The molecule has 1 unspecified atom stereocenters. The lowest BCUT2D eigenvalue weighted by atomic mass is 10.1. The van der Waals surface area contributed by atoms with Crippen LogP contribution in [0.1, 0.15) is 26.5 Å². The van der Waals surface area contributed by atoms with Gasteiger partial charge in [-0.25, -0.2) is 18.5 Å². The smallest absolute Gasteiger partial charge is 0.431 e. The molecule has 0 fully saturated rings. The number of hydrogen-bond acceptors (Lipinski definition) is 7. The molecule has 2 aromatic rings. The molecule has 1 heterocycles. The Kier molecular flexibility index (Phi) is 9.17. The molecule has 0 N–H and O–H groups in total. The molecule has 0 saturated heterocycles. The van der Waals surface area contributed by atoms with Crippen molar-refractivity contribution in [1.29, 1.82) is 0 Å². The molecule has 0 bridgehead atoms. The van der Waals surface area contributed by atoms with Crippen LogP contribution in [-0.4, -0.2) is 39.5 Å². The van der Waals surface area contributed by atoms with Crippen LogP contribution in [0.15, 0.2) is 32.7 Å². The van der Waals surface area contributed by atoms with E-state index in [0.717, 1.165) is 30.9 Å². The summed E-state index contributed by atoms with van der Waals surface area (Å²) >= 11 is 6.91. The van der Waals surface area contributed by atoms with E-state index in [1.807, 2.05) is 0 Å². The Morgan fingerprint density at radius 1 is 1.14 bits per heavy atom. The van der Waals surface area contributed by atoms with E-state index in [4.69, 9.17) is 16.3 Å². The van der Waals surface area contributed by atoms with Crippen LogP contribution in [0, 0.1) is 11.7 Å². The number of hydrogen-bond donors (Lipinski definition) is 0. The second-order valence-electron chi connectivity index (χ2n) is 7.47. The van der Waals surface area contributed by atoms with Gasteiger partial charge in [0.1, 0.15) is 16.8 Å². The Morgan fingerprint density at radius 3 is 2.31 bits per heavy atom. The minimum absolute atomic E-state index is 0.0451. The van der Waals surface area contributed by atoms with Crippen LogP contribution < -0.4 is 11.2 Å². The number of alkyl halides is 3. The topological polar surface area (TPSA) is 96.6 Å². The number of esters is 2. The van der Waals surface area contributed by atoms with Crippen LogP contribution in [0.3, 0.4) is 0 Å². The highest BCUT2D eigenvalue weighted by Gasteiger charge is 2.35.